The van der Waals surface area contributed by atoms with E-state index in [2.05, 4.69) is 23.3 Å². The molecular formula is C19H17Cl2N5S. The molecule has 0 aliphatic rings. The summed E-state index contributed by atoms with van der Waals surface area (Å²) in [5.74, 6) is 2.25. The van der Waals surface area contributed by atoms with Crippen LogP contribution < -0.4 is 5.32 Å². The Bertz CT molecular complexity index is 1120. The van der Waals surface area contributed by atoms with Gasteiger partial charge in [0.05, 0.1) is 15.4 Å². The zero-order chi connectivity index (χ0) is 19.0. The monoisotopic (exact) mass is 417 g/mol. The molecule has 0 saturated carbocycles. The fraction of sp³-hybridized carbons (Fsp3) is 0.211. The first kappa shape index (κ1) is 18.2. The number of nitrogens with one attached hydrogen (secondary N) is 1. The van der Waals surface area contributed by atoms with Crippen molar-refractivity contribution in [3.63, 3.8) is 0 Å². The molecule has 0 bridgehead atoms. The molecule has 0 radical (unpaired) electrons. The third-order valence-electron chi connectivity index (χ3n) is 4.27. The summed E-state index contributed by atoms with van der Waals surface area (Å²) in [6, 6.07) is 7.77. The highest BCUT2D eigenvalue weighted by Crippen LogP contribution is 2.31. The average Bonchev–Trinajstić information content (AvgIpc) is 3.27. The number of hydrogen-bond acceptors (Lipinski definition) is 5. The van der Waals surface area contributed by atoms with Crippen molar-refractivity contribution in [3.8, 4) is 5.95 Å². The molecule has 0 spiro atoms. The van der Waals surface area contributed by atoms with E-state index in [1.165, 1.54) is 4.88 Å². The molecule has 0 aliphatic carbocycles. The van der Waals surface area contributed by atoms with Crippen LogP contribution in [0.15, 0.2) is 36.7 Å². The van der Waals surface area contributed by atoms with Gasteiger partial charge in [-0.05, 0) is 37.1 Å². The van der Waals surface area contributed by atoms with Crippen molar-refractivity contribution in [1.82, 2.24) is 19.5 Å². The highest BCUT2D eigenvalue weighted by molar-refractivity contribution is 7.18. The maximum Gasteiger partial charge on any atom is 0.238 e. The van der Waals surface area contributed by atoms with Crippen molar-refractivity contribution in [3.05, 3.63) is 63.0 Å². The maximum absolute atomic E-state index is 6.13. The summed E-state index contributed by atoms with van der Waals surface area (Å²) in [6.45, 7) is 4.66. The third-order valence-corrected chi connectivity index (χ3v) is 6.18. The minimum Gasteiger partial charge on any atom is -0.365 e. The van der Waals surface area contributed by atoms with Gasteiger partial charge in [0.15, 0.2) is 0 Å². The topological polar surface area (TPSA) is 55.6 Å². The van der Waals surface area contributed by atoms with Crippen molar-refractivity contribution < 1.29 is 0 Å². The Balaban J connectivity index is 1.74. The SMILES string of the molecule is CCc1cc2c(NCc3ccc(Cl)c(Cl)c3)nc(-n3ccnc3C)nc2s1. The molecule has 5 nitrogen and oxygen atoms in total. The lowest BCUT2D eigenvalue weighted by atomic mass is 10.2. The average molecular weight is 418 g/mol. The van der Waals surface area contributed by atoms with Crippen LogP contribution in [0.1, 0.15) is 23.2 Å². The van der Waals surface area contributed by atoms with Crippen LogP contribution in [0, 0.1) is 6.92 Å². The van der Waals surface area contributed by atoms with Crippen molar-refractivity contribution in [1.29, 1.82) is 0 Å². The maximum atomic E-state index is 6.13. The molecule has 0 atom stereocenters. The van der Waals surface area contributed by atoms with Crippen LogP contribution in [-0.2, 0) is 13.0 Å². The van der Waals surface area contributed by atoms with E-state index < -0.39 is 0 Å². The van der Waals surface area contributed by atoms with Crippen LogP contribution in [0.2, 0.25) is 10.0 Å². The fourth-order valence-corrected chi connectivity index (χ4v) is 4.08. The van der Waals surface area contributed by atoms with Crippen LogP contribution in [0.25, 0.3) is 16.2 Å². The molecule has 4 rings (SSSR count). The van der Waals surface area contributed by atoms with Crippen LogP contribution in [0.5, 0.6) is 0 Å². The molecular weight excluding hydrogens is 401 g/mol. The van der Waals surface area contributed by atoms with E-state index in [0.29, 0.717) is 22.5 Å². The Morgan fingerprint density at radius 2 is 2.00 bits per heavy atom. The minimum atomic E-state index is 0.544. The number of aryl methyl sites for hydroxylation is 2. The third kappa shape index (κ3) is 3.65. The normalized spacial score (nSPS) is 11.3. The molecule has 4 aromatic rings. The lowest BCUT2D eigenvalue weighted by Crippen LogP contribution is -2.07. The molecule has 138 valence electrons. The summed E-state index contributed by atoms with van der Waals surface area (Å²) in [7, 11) is 0. The number of fused-ring (bicyclic) bond motifs is 1. The Hall–Kier alpha value is -2.15. The Kier molecular flexibility index (Phi) is 5.04. The highest BCUT2D eigenvalue weighted by atomic mass is 35.5. The number of halogens is 2. The summed E-state index contributed by atoms with van der Waals surface area (Å²) in [4.78, 5) is 16.0. The molecule has 27 heavy (non-hydrogen) atoms. The van der Waals surface area contributed by atoms with Crippen LogP contribution >= 0.6 is 34.5 Å². The Morgan fingerprint density at radius 3 is 2.70 bits per heavy atom. The molecule has 0 amide bonds. The number of imidazole rings is 1. The number of rotatable bonds is 5. The fourth-order valence-electron chi connectivity index (χ4n) is 2.80. The van der Waals surface area contributed by atoms with E-state index in [4.69, 9.17) is 33.2 Å². The molecule has 0 aliphatic heterocycles. The van der Waals surface area contributed by atoms with Gasteiger partial charge in [-0.3, -0.25) is 4.57 Å². The summed E-state index contributed by atoms with van der Waals surface area (Å²) in [5.41, 5.74) is 1.03. The first-order valence-electron chi connectivity index (χ1n) is 8.53. The Labute approximate surface area is 171 Å². The number of aromatic nitrogens is 4. The molecule has 0 unspecified atom stereocenters. The van der Waals surface area contributed by atoms with Crippen LogP contribution in [0.4, 0.5) is 5.82 Å². The van der Waals surface area contributed by atoms with E-state index >= 15 is 0 Å². The van der Waals surface area contributed by atoms with Gasteiger partial charge < -0.3 is 5.32 Å². The van der Waals surface area contributed by atoms with Gasteiger partial charge in [0.25, 0.3) is 0 Å². The lowest BCUT2D eigenvalue weighted by Gasteiger charge is -2.10. The van der Waals surface area contributed by atoms with Crippen molar-refractivity contribution >= 4 is 50.6 Å². The largest absolute Gasteiger partial charge is 0.365 e. The zero-order valence-corrected chi connectivity index (χ0v) is 17.2. The second-order valence-electron chi connectivity index (χ2n) is 6.10. The first-order valence-corrected chi connectivity index (χ1v) is 10.1. The van der Waals surface area contributed by atoms with Crippen LogP contribution in [-0.4, -0.2) is 19.5 Å². The van der Waals surface area contributed by atoms with Crippen molar-refractivity contribution in [2.45, 2.75) is 26.8 Å². The molecule has 1 aromatic carbocycles. The molecule has 8 heteroatoms. The number of hydrogen-bond donors (Lipinski definition) is 1. The van der Waals surface area contributed by atoms with Gasteiger partial charge in [0.1, 0.15) is 16.5 Å². The smallest absolute Gasteiger partial charge is 0.238 e. The number of benzene rings is 1. The van der Waals surface area contributed by atoms with E-state index in [9.17, 15) is 0 Å². The van der Waals surface area contributed by atoms with E-state index in [0.717, 1.165) is 33.8 Å². The Morgan fingerprint density at radius 1 is 1.15 bits per heavy atom. The van der Waals surface area contributed by atoms with Gasteiger partial charge in [-0.25, -0.2) is 9.97 Å². The minimum absolute atomic E-state index is 0.544. The van der Waals surface area contributed by atoms with E-state index in [1.807, 2.05) is 29.8 Å². The molecule has 0 fully saturated rings. The summed E-state index contributed by atoms with van der Waals surface area (Å²) >= 11 is 13.8. The second kappa shape index (κ2) is 7.46. The van der Waals surface area contributed by atoms with E-state index in [1.54, 1.807) is 23.6 Å². The molecule has 3 aromatic heterocycles. The van der Waals surface area contributed by atoms with Gasteiger partial charge in [-0.2, -0.15) is 4.98 Å². The standard InChI is InChI=1S/C19H17Cl2N5S/c1-3-13-9-14-17(23-10-12-4-5-15(20)16(21)8-12)24-19(25-18(14)27-13)26-7-6-22-11(26)2/h4-9H,3,10H2,1-2H3,(H,23,24,25). The molecule has 0 saturated heterocycles. The van der Waals surface area contributed by atoms with Crippen LogP contribution in [0.3, 0.4) is 0 Å². The quantitative estimate of drug-likeness (QED) is 0.454. The molecule has 3 heterocycles. The van der Waals surface area contributed by atoms with Gasteiger partial charge in [-0.1, -0.05) is 36.2 Å². The van der Waals surface area contributed by atoms with Gasteiger partial charge >= 0.3 is 0 Å². The van der Waals surface area contributed by atoms with Gasteiger partial charge in [0, 0.05) is 23.8 Å². The summed E-state index contributed by atoms with van der Waals surface area (Å²) in [5, 5.41) is 5.55. The van der Waals surface area contributed by atoms with Crippen molar-refractivity contribution in [2.24, 2.45) is 0 Å². The highest BCUT2D eigenvalue weighted by Gasteiger charge is 2.14. The lowest BCUT2D eigenvalue weighted by molar-refractivity contribution is 0.893. The number of nitrogens with zero attached hydrogens (tertiary/aromatic N) is 4. The number of thiophene rings is 1. The number of anilines is 1. The predicted octanol–water partition coefficient (Wildman–Crippen LogP) is 5.67. The van der Waals surface area contributed by atoms with Gasteiger partial charge in [0.2, 0.25) is 5.95 Å². The van der Waals surface area contributed by atoms with E-state index in [-0.39, 0.29) is 0 Å². The molecule has 1 N–H and O–H groups in total. The summed E-state index contributed by atoms with van der Waals surface area (Å²) < 4.78 is 1.88. The predicted molar refractivity (Wildman–Crippen MR) is 112 cm³/mol. The summed E-state index contributed by atoms with van der Waals surface area (Å²) in [6.07, 6.45) is 4.58. The van der Waals surface area contributed by atoms with Gasteiger partial charge in [-0.15, -0.1) is 11.3 Å². The first-order chi connectivity index (χ1) is 13.0. The second-order valence-corrected chi connectivity index (χ2v) is 8.03. The zero-order valence-electron chi connectivity index (χ0n) is 14.8. The van der Waals surface area contributed by atoms with Crippen molar-refractivity contribution in [2.75, 3.05) is 5.32 Å².